The highest BCUT2D eigenvalue weighted by Gasteiger charge is 2.39. The molecule has 9 nitrogen and oxygen atoms in total. The van der Waals surface area contributed by atoms with Crippen LogP contribution in [0.4, 0.5) is 20.2 Å². The van der Waals surface area contributed by atoms with E-state index < -0.39 is 29.8 Å². The SMILES string of the molecule is CC(=O)c1cn(CC(=O)N2CC(F)CC2C(=O)NCc2cc(F)cc(Cl)c2)c2ccc(Nc3cncnc3)cc12. The number of alkyl halides is 1. The molecule has 1 fully saturated rings. The predicted molar refractivity (Wildman–Crippen MR) is 146 cm³/mol. The van der Waals surface area contributed by atoms with Crippen molar-refractivity contribution in [3.05, 3.63) is 83.3 Å². The maximum atomic E-state index is 14.4. The third-order valence-corrected chi connectivity index (χ3v) is 6.90. The molecule has 3 heterocycles. The largest absolute Gasteiger partial charge is 0.353 e. The molecule has 0 spiro atoms. The summed E-state index contributed by atoms with van der Waals surface area (Å²) in [4.78, 5) is 47.8. The molecule has 5 rings (SSSR count). The Hall–Kier alpha value is -4.38. The Balaban J connectivity index is 1.33. The molecule has 0 saturated carbocycles. The highest BCUT2D eigenvalue weighted by molar-refractivity contribution is 6.30. The van der Waals surface area contributed by atoms with Gasteiger partial charge in [0.05, 0.1) is 24.6 Å². The second-order valence-electron chi connectivity index (χ2n) is 9.60. The third-order valence-electron chi connectivity index (χ3n) is 6.68. The number of nitrogens with one attached hydrogen (secondary N) is 2. The van der Waals surface area contributed by atoms with E-state index in [1.807, 2.05) is 0 Å². The van der Waals surface area contributed by atoms with E-state index in [1.165, 1.54) is 30.3 Å². The van der Waals surface area contributed by atoms with E-state index in [1.54, 1.807) is 41.4 Å². The van der Waals surface area contributed by atoms with Gasteiger partial charge in [-0.05, 0) is 48.9 Å². The van der Waals surface area contributed by atoms with Gasteiger partial charge in [-0.2, -0.15) is 0 Å². The summed E-state index contributed by atoms with van der Waals surface area (Å²) < 4.78 is 29.7. The maximum absolute atomic E-state index is 14.4. The molecule has 2 atom stereocenters. The number of carbonyl (C=O) groups is 3. The lowest BCUT2D eigenvalue weighted by atomic mass is 10.1. The monoisotopic (exact) mass is 566 g/mol. The van der Waals surface area contributed by atoms with Gasteiger partial charge in [-0.15, -0.1) is 0 Å². The smallest absolute Gasteiger partial charge is 0.243 e. The number of rotatable bonds is 8. The number of anilines is 2. The van der Waals surface area contributed by atoms with E-state index in [0.717, 1.165) is 6.07 Å². The molecule has 1 saturated heterocycles. The summed E-state index contributed by atoms with van der Waals surface area (Å²) in [5, 5.41) is 6.64. The van der Waals surface area contributed by atoms with Crippen LogP contribution in [0.1, 0.15) is 29.3 Å². The normalized spacial score (nSPS) is 16.8. The van der Waals surface area contributed by atoms with Gasteiger partial charge >= 0.3 is 0 Å². The van der Waals surface area contributed by atoms with Gasteiger partial charge in [0.15, 0.2) is 5.78 Å². The van der Waals surface area contributed by atoms with Gasteiger partial charge in [0.1, 0.15) is 30.9 Å². The van der Waals surface area contributed by atoms with Crippen LogP contribution in [0.2, 0.25) is 5.02 Å². The first-order valence-electron chi connectivity index (χ1n) is 12.5. The van der Waals surface area contributed by atoms with Gasteiger partial charge in [0.2, 0.25) is 11.8 Å². The van der Waals surface area contributed by atoms with Crippen LogP contribution >= 0.6 is 11.6 Å². The molecule has 2 amide bonds. The summed E-state index contributed by atoms with van der Waals surface area (Å²) in [6.07, 6.45) is 4.71. The molecular formula is C28H25ClF2N6O3. The first kappa shape index (κ1) is 27.2. The summed E-state index contributed by atoms with van der Waals surface area (Å²) in [6.45, 7) is 0.988. The molecule has 2 aromatic carbocycles. The Morgan fingerprint density at radius 3 is 2.60 bits per heavy atom. The number of amides is 2. The highest BCUT2D eigenvalue weighted by atomic mass is 35.5. The maximum Gasteiger partial charge on any atom is 0.243 e. The van der Waals surface area contributed by atoms with Gasteiger partial charge in [-0.1, -0.05) is 11.6 Å². The number of ketones is 1. The van der Waals surface area contributed by atoms with Crippen LogP contribution in [0.5, 0.6) is 0 Å². The van der Waals surface area contributed by atoms with Crippen molar-refractivity contribution in [2.24, 2.45) is 0 Å². The minimum atomic E-state index is -1.37. The number of likely N-dealkylation sites (tertiary alicyclic amines) is 1. The molecule has 2 aromatic heterocycles. The first-order chi connectivity index (χ1) is 19.2. The van der Waals surface area contributed by atoms with Crippen LogP contribution in [0.25, 0.3) is 10.9 Å². The predicted octanol–water partition coefficient (Wildman–Crippen LogP) is 4.43. The van der Waals surface area contributed by atoms with Gasteiger partial charge in [0.25, 0.3) is 0 Å². The molecule has 1 aliphatic heterocycles. The number of halogens is 3. The van der Waals surface area contributed by atoms with Gasteiger partial charge < -0.3 is 20.1 Å². The summed E-state index contributed by atoms with van der Waals surface area (Å²) >= 11 is 5.87. The van der Waals surface area contributed by atoms with Crippen LogP contribution in [0, 0.1) is 5.82 Å². The molecular weight excluding hydrogens is 542 g/mol. The van der Waals surface area contributed by atoms with E-state index in [4.69, 9.17) is 11.6 Å². The van der Waals surface area contributed by atoms with Crippen molar-refractivity contribution in [3.8, 4) is 0 Å². The fourth-order valence-corrected chi connectivity index (χ4v) is 5.13. The number of hydrogen-bond donors (Lipinski definition) is 2. The molecule has 12 heteroatoms. The van der Waals surface area contributed by atoms with Crippen molar-refractivity contribution in [2.45, 2.75) is 38.6 Å². The molecule has 0 aliphatic carbocycles. The van der Waals surface area contributed by atoms with Crippen LogP contribution in [-0.4, -0.2) is 55.8 Å². The number of nitrogens with zero attached hydrogens (tertiary/aromatic N) is 4. The number of Topliss-reactive ketones (excluding diaryl/α,β-unsaturated/α-hetero) is 1. The summed E-state index contributed by atoms with van der Waals surface area (Å²) in [5.41, 5.74) is 2.86. The Labute approximate surface area is 233 Å². The van der Waals surface area contributed by atoms with Crippen molar-refractivity contribution in [3.63, 3.8) is 0 Å². The quantitative estimate of drug-likeness (QED) is 0.306. The lowest BCUT2D eigenvalue weighted by Crippen LogP contribution is -2.46. The number of carbonyl (C=O) groups excluding carboxylic acids is 3. The number of hydrogen-bond acceptors (Lipinski definition) is 6. The van der Waals surface area contributed by atoms with Crippen molar-refractivity contribution in [1.29, 1.82) is 0 Å². The van der Waals surface area contributed by atoms with Crippen molar-refractivity contribution < 1.29 is 23.2 Å². The van der Waals surface area contributed by atoms with Crippen molar-refractivity contribution >= 4 is 51.5 Å². The molecule has 206 valence electrons. The Morgan fingerprint density at radius 1 is 1.10 bits per heavy atom. The molecule has 0 radical (unpaired) electrons. The van der Waals surface area contributed by atoms with Crippen molar-refractivity contribution in [2.75, 3.05) is 11.9 Å². The first-order valence-corrected chi connectivity index (χ1v) is 12.9. The standard InChI is InChI=1S/C28H25ClF2N6O3/c1-16(38)24-13-36(25-3-2-21(8-23(24)25)35-22-10-32-15-33-11-22)14-27(39)37-12-20(31)7-26(37)28(40)34-9-17-4-18(29)6-19(30)5-17/h2-6,8,10-11,13,15,20,26,35H,7,9,12,14H2,1H3,(H,34,40). The Morgan fingerprint density at radius 2 is 1.88 bits per heavy atom. The van der Waals surface area contributed by atoms with Crippen LogP contribution < -0.4 is 10.6 Å². The molecule has 2 N–H and O–H groups in total. The summed E-state index contributed by atoms with van der Waals surface area (Å²) in [5.74, 6) is -1.74. The van der Waals surface area contributed by atoms with Crippen LogP contribution in [0.15, 0.2) is 61.3 Å². The summed E-state index contributed by atoms with van der Waals surface area (Å²) in [6, 6.07) is 8.24. The van der Waals surface area contributed by atoms with E-state index in [0.29, 0.717) is 33.4 Å². The van der Waals surface area contributed by atoms with Gasteiger partial charge in [-0.3, -0.25) is 14.4 Å². The lowest BCUT2D eigenvalue weighted by Gasteiger charge is -2.24. The van der Waals surface area contributed by atoms with E-state index >= 15 is 0 Å². The fourth-order valence-electron chi connectivity index (χ4n) is 4.88. The molecule has 4 aromatic rings. The van der Waals surface area contributed by atoms with Crippen molar-refractivity contribution in [1.82, 2.24) is 24.8 Å². The van der Waals surface area contributed by atoms with Gasteiger partial charge in [-0.25, -0.2) is 18.7 Å². The van der Waals surface area contributed by atoms with E-state index in [9.17, 15) is 23.2 Å². The average Bonchev–Trinajstić information content (AvgIpc) is 3.48. The second kappa shape index (κ2) is 11.4. The number of fused-ring (bicyclic) bond motifs is 1. The van der Waals surface area contributed by atoms with E-state index in [2.05, 4.69) is 20.6 Å². The van der Waals surface area contributed by atoms with Gasteiger partial charge in [0, 0.05) is 46.3 Å². The Kier molecular flexibility index (Phi) is 7.74. The number of benzene rings is 2. The zero-order chi connectivity index (χ0) is 28.4. The highest BCUT2D eigenvalue weighted by Crippen LogP contribution is 2.28. The Bertz CT molecular complexity index is 1580. The zero-order valence-corrected chi connectivity index (χ0v) is 22.2. The minimum Gasteiger partial charge on any atom is -0.353 e. The minimum absolute atomic E-state index is 0.0263. The topological polar surface area (TPSA) is 109 Å². The average molecular weight is 567 g/mol. The zero-order valence-electron chi connectivity index (χ0n) is 21.4. The van der Waals surface area contributed by atoms with E-state index in [-0.39, 0.29) is 36.9 Å². The van der Waals surface area contributed by atoms with Crippen LogP contribution in [0.3, 0.4) is 0 Å². The lowest BCUT2D eigenvalue weighted by molar-refractivity contribution is -0.139. The fraction of sp³-hybridized carbons (Fsp3) is 0.250. The van der Waals surface area contributed by atoms with Crippen LogP contribution in [-0.2, 0) is 22.7 Å². The number of aromatic nitrogens is 3. The molecule has 40 heavy (non-hydrogen) atoms. The summed E-state index contributed by atoms with van der Waals surface area (Å²) in [7, 11) is 0. The third kappa shape index (κ3) is 5.94. The second-order valence-corrected chi connectivity index (χ2v) is 10.0. The molecule has 1 aliphatic rings. The molecule has 0 bridgehead atoms. The molecule has 2 unspecified atom stereocenters.